The normalized spacial score (nSPS) is 20.7. The first-order valence-electron chi connectivity index (χ1n) is 6.18. The number of aliphatic hydroxyl groups is 1. The van der Waals surface area contributed by atoms with Gasteiger partial charge in [0, 0.05) is 6.07 Å². The summed E-state index contributed by atoms with van der Waals surface area (Å²) in [6.07, 6.45) is 0. The maximum atomic E-state index is 12.5. The second kappa shape index (κ2) is 4.39. The number of phenolic OH excluding ortho intramolecular Hbond substituents is 3. The molecule has 1 aliphatic rings. The number of ether oxygens (including phenoxy) is 1. The Morgan fingerprint density at radius 1 is 1.05 bits per heavy atom. The molecule has 1 unspecified atom stereocenters. The Hall–Kier alpha value is -2.73. The highest BCUT2D eigenvalue weighted by Crippen LogP contribution is 2.47. The highest BCUT2D eigenvalue weighted by atomic mass is 16.5. The number of carbonyl (C=O) groups excluding carboxylic acids is 1. The maximum absolute atomic E-state index is 12.5. The first-order chi connectivity index (χ1) is 9.95. The van der Waals surface area contributed by atoms with Gasteiger partial charge in [0.1, 0.15) is 17.9 Å². The van der Waals surface area contributed by atoms with Gasteiger partial charge in [-0.15, -0.1) is 0 Å². The van der Waals surface area contributed by atoms with E-state index < -0.39 is 28.6 Å². The van der Waals surface area contributed by atoms with Crippen LogP contribution < -0.4 is 4.74 Å². The lowest BCUT2D eigenvalue weighted by Gasteiger charge is -2.32. The third-order valence-corrected chi connectivity index (χ3v) is 3.51. The highest BCUT2D eigenvalue weighted by Gasteiger charge is 2.46. The summed E-state index contributed by atoms with van der Waals surface area (Å²) in [6.45, 7) is -0.355. The second-order valence-electron chi connectivity index (χ2n) is 4.81. The lowest BCUT2D eigenvalue weighted by atomic mass is 9.84. The molecule has 0 bridgehead atoms. The van der Waals surface area contributed by atoms with Crippen LogP contribution in [0, 0.1) is 0 Å². The molecule has 21 heavy (non-hydrogen) atoms. The Morgan fingerprint density at radius 3 is 2.38 bits per heavy atom. The Labute approximate surface area is 119 Å². The number of rotatable bonds is 1. The van der Waals surface area contributed by atoms with Crippen molar-refractivity contribution in [2.45, 2.75) is 5.60 Å². The van der Waals surface area contributed by atoms with Gasteiger partial charge in [0.2, 0.25) is 11.5 Å². The predicted molar refractivity (Wildman–Crippen MR) is 71.6 cm³/mol. The van der Waals surface area contributed by atoms with Gasteiger partial charge in [0.05, 0.1) is 0 Å². The van der Waals surface area contributed by atoms with Crippen LogP contribution in [0.4, 0.5) is 0 Å². The first kappa shape index (κ1) is 13.3. The van der Waals surface area contributed by atoms with E-state index in [2.05, 4.69) is 0 Å². The number of carbonyl (C=O) groups is 1. The van der Waals surface area contributed by atoms with Crippen molar-refractivity contribution < 1.29 is 30.0 Å². The van der Waals surface area contributed by atoms with Gasteiger partial charge in [-0.2, -0.15) is 0 Å². The van der Waals surface area contributed by atoms with Crippen LogP contribution >= 0.6 is 0 Å². The fraction of sp³-hybridized carbons (Fsp3) is 0.133. The van der Waals surface area contributed by atoms with Gasteiger partial charge in [-0.05, 0) is 5.56 Å². The van der Waals surface area contributed by atoms with Gasteiger partial charge in [0.25, 0.3) is 0 Å². The fourth-order valence-electron chi connectivity index (χ4n) is 2.34. The number of aromatic hydroxyl groups is 3. The molecule has 0 spiro atoms. The van der Waals surface area contributed by atoms with Crippen molar-refractivity contribution in [2.24, 2.45) is 0 Å². The number of phenols is 3. The summed E-state index contributed by atoms with van der Waals surface area (Å²) in [5.41, 5.74) is -2.01. The minimum absolute atomic E-state index is 0.0894. The monoisotopic (exact) mass is 288 g/mol. The van der Waals surface area contributed by atoms with Crippen molar-refractivity contribution in [1.29, 1.82) is 0 Å². The SMILES string of the molecule is O=C1c2c(cc(O)c(O)c2O)OCC1(O)c1ccccc1. The van der Waals surface area contributed by atoms with E-state index in [-0.39, 0.29) is 17.9 Å². The van der Waals surface area contributed by atoms with E-state index in [0.717, 1.165) is 6.07 Å². The number of fused-ring (bicyclic) bond motifs is 1. The number of hydrogen-bond donors (Lipinski definition) is 4. The molecule has 0 amide bonds. The van der Waals surface area contributed by atoms with E-state index in [0.29, 0.717) is 5.56 Å². The Kier molecular flexibility index (Phi) is 2.77. The average Bonchev–Trinajstić information content (AvgIpc) is 2.49. The van der Waals surface area contributed by atoms with E-state index >= 15 is 0 Å². The molecule has 0 fully saturated rings. The molecule has 0 saturated heterocycles. The standard InChI is InChI=1S/C15H12O6/c16-9-6-10-11(13(18)12(9)17)14(19)15(20,7-21-10)8-4-2-1-3-5-8/h1-6,16-18,20H,7H2. The van der Waals surface area contributed by atoms with Crippen LogP contribution in [0.2, 0.25) is 0 Å². The number of benzene rings is 2. The number of ketones is 1. The molecule has 0 aromatic heterocycles. The summed E-state index contributed by atoms with van der Waals surface area (Å²) >= 11 is 0. The van der Waals surface area contributed by atoms with Crippen LogP contribution in [-0.2, 0) is 5.60 Å². The molecular weight excluding hydrogens is 276 g/mol. The number of Topliss-reactive ketones (excluding diaryl/α,β-unsaturated/α-hetero) is 1. The summed E-state index contributed by atoms with van der Waals surface area (Å²) in [6, 6.07) is 9.19. The molecule has 6 nitrogen and oxygen atoms in total. The molecule has 0 aliphatic carbocycles. The van der Waals surface area contributed by atoms with Crippen molar-refractivity contribution in [3.8, 4) is 23.0 Å². The minimum Gasteiger partial charge on any atom is -0.504 e. The first-order valence-corrected chi connectivity index (χ1v) is 6.18. The van der Waals surface area contributed by atoms with E-state index in [1.807, 2.05) is 0 Å². The smallest absolute Gasteiger partial charge is 0.210 e. The van der Waals surface area contributed by atoms with Crippen molar-refractivity contribution >= 4 is 5.78 Å². The van der Waals surface area contributed by atoms with Crippen LogP contribution in [0.5, 0.6) is 23.0 Å². The quantitative estimate of drug-likeness (QED) is 0.589. The average molecular weight is 288 g/mol. The lowest BCUT2D eigenvalue weighted by Crippen LogP contribution is -2.44. The molecule has 2 aromatic rings. The molecule has 6 heteroatoms. The van der Waals surface area contributed by atoms with E-state index in [9.17, 15) is 25.2 Å². The zero-order valence-electron chi connectivity index (χ0n) is 10.8. The maximum Gasteiger partial charge on any atom is 0.210 e. The van der Waals surface area contributed by atoms with Crippen molar-refractivity contribution in [2.75, 3.05) is 6.61 Å². The summed E-state index contributed by atoms with van der Waals surface area (Å²) in [7, 11) is 0. The molecule has 1 atom stereocenters. The largest absolute Gasteiger partial charge is 0.504 e. The summed E-state index contributed by atoms with van der Waals surface area (Å²) in [5.74, 6) is -3.15. The predicted octanol–water partition coefficient (Wildman–Crippen LogP) is 1.27. The van der Waals surface area contributed by atoms with E-state index in [1.165, 1.54) is 0 Å². The molecule has 1 aliphatic heterocycles. The van der Waals surface area contributed by atoms with Crippen molar-refractivity contribution in [3.05, 3.63) is 47.5 Å². The van der Waals surface area contributed by atoms with Crippen LogP contribution in [-0.4, -0.2) is 32.8 Å². The molecule has 3 rings (SSSR count). The molecule has 1 heterocycles. The molecule has 0 radical (unpaired) electrons. The third kappa shape index (κ3) is 1.80. The molecule has 108 valence electrons. The van der Waals surface area contributed by atoms with Crippen LogP contribution in [0.1, 0.15) is 15.9 Å². The molecular formula is C15H12O6. The van der Waals surface area contributed by atoms with Gasteiger partial charge in [-0.1, -0.05) is 30.3 Å². The topological polar surface area (TPSA) is 107 Å². The van der Waals surface area contributed by atoms with Gasteiger partial charge in [-0.25, -0.2) is 0 Å². The number of hydrogen-bond acceptors (Lipinski definition) is 6. The van der Waals surface area contributed by atoms with Gasteiger partial charge in [0.15, 0.2) is 17.1 Å². The summed E-state index contributed by atoms with van der Waals surface area (Å²) in [5, 5.41) is 39.4. The minimum atomic E-state index is -1.96. The summed E-state index contributed by atoms with van der Waals surface area (Å²) < 4.78 is 5.28. The lowest BCUT2D eigenvalue weighted by molar-refractivity contribution is -0.00560. The summed E-state index contributed by atoms with van der Waals surface area (Å²) in [4.78, 5) is 12.5. The van der Waals surface area contributed by atoms with Gasteiger partial charge in [-0.3, -0.25) is 4.79 Å². The molecule has 4 N–H and O–H groups in total. The van der Waals surface area contributed by atoms with Gasteiger partial charge >= 0.3 is 0 Å². The van der Waals surface area contributed by atoms with E-state index in [1.54, 1.807) is 30.3 Å². The molecule has 0 saturated carbocycles. The van der Waals surface area contributed by atoms with Crippen molar-refractivity contribution in [1.82, 2.24) is 0 Å². The van der Waals surface area contributed by atoms with Gasteiger partial charge < -0.3 is 25.2 Å². The Morgan fingerprint density at radius 2 is 1.71 bits per heavy atom. The molecule has 2 aromatic carbocycles. The highest BCUT2D eigenvalue weighted by molar-refractivity contribution is 6.09. The van der Waals surface area contributed by atoms with Crippen molar-refractivity contribution in [3.63, 3.8) is 0 Å². The van der Waals surface area contributed by atoms with E-state index in [4.69, 9.17) is 4.74 Å². The Balaban J connectivity index is 2.18. The third-order valence-electron chi connectivity index (χ3n) is 3.51. The van der Waals surface area contributed by atoms with Crippen LogP contribution in [0.15, 0.2) is 36.4 Å². The van der Waals surface area contributed by atoms with Crippen LogP contribution in [0.25, 0.3) is 0 Å². The Bertz CT molecular complexity index is 725. The van der Waals surface area contributed by atoms with Crippen LogP contribution in [0.3, 0.4) is 0 Å². The second-order valence-corrected chi connectivity index (χ2v) is 4.81. The fourth-order valence-corrected chi connectivity index (χ4v) is 2.34. The zero-order chi connectivity index (χ0) is 15.2. The zero-order valence-corrected chi connectivity index (χ0v) is 10.8.